The molecule has 1 aliphatic heterocycles. The third kappa shape index (κ3) is 3.45. The van der Waals surface area contributed by atoms with Crippen molar-refractivity contribution in [2.75, 3.05) is 5.33 Å². The fraction of sp³-hybridized carbons (Fsp3) is 0.222. The Hall–Kier alpha value is -2.14. The van der Waals surface area contributed by atoms with Gasteiger partial charge in [-0.15, -0.1) is 0 Å². The largest absolute Gasteiger partial charge is 0.489 e. The van der Waals surface area contributed by atoms with Gasteiger partial charge in [-0.3, -0.25) is 9.59 Å². The molecule has 2 aromatic carbocycles. The Morgan fingerprint density at radius 3 is 2.61 bits per heavy atom. The number of esters is 1. The third-order valence-electron chi connectivity index (χ3n) is 3.68. The molecule has 0 saturated heterocycles. The molecule has 0 aromatic heterocycles. The van der Waals surface area contributed by atoms with E-state index in [0.717, 1.165) is 5.56 Å². The Kier molecular flexibility index (Phi) is 4.76. The summed E-state index contributed by atoms with van der Waals surface area (Å²) in [5, 5.41) is 0.576. The number of Topliss-reactive ketones (excluding diaryl/α,β-unsaturated/α-hetero) is 1. The van der Waals surface area contributed by atoms with E-state index in [1.54, 1.807) is 18.2 Å². The first kappa shape index (κ1) is 15.7. The van der Waals surface area contributed by atoms with E-state index < -0.39 is 11.9 Å². The van der Waals surface area contributed by atoms with Gasteiger partial charge in [0.15, 0.2) is 5.78 Å². The summed E-state index contributed by atoms with van der Waals surface area (Å²) in [6.07, 6.45) is 0.434. The van der Waals surface area contributed by atoms with Crippen molar-refractivity contribution < 1.29 is 19.1 Å². The lowest BCUT2D eigenvalue weighted by Gasteiger charge is -2.22. The van der Waals surface area contributed by atoms with Crippen molar-refractivity contribution in [3.8, 4) is 11.5 Å². The van der Waals surface area contributed by atoms with Crippen LogP contribution in [-0.2, 0) is 11.4 Å². The zero-order valence-corrected chi connectivity index (χ0v) is 13.9. The van der Waals surface area contributed by atoms with E-state index in [2.05, 4.69) is 15.9 Å². The number of hydrogen-bond acceptors (Lipinski definition) is 4. The van der Waals surface area contributed by atoms with Crippen molar-refractivity contribution in [1.82, 2.24) is 0 Å². The van der Waals surface area contributed by atoms with E-state index >= 15 is 0 Å². The lowest BCUT2D eigenvalue weighted by molar-refractivity contribution is -0.138. The van der Waals surface area contributed by atoms with E-state index in [1.807, 2.05) is 30.3 Å². The number of carbonyl (C=O) groups is 2. The highest BCUT2D eigenvalue weighted by Crippen LogP contribution is 2.33. The van der Waals surface area contributed by atoms with Gasteiger partial charge in [0, 0.05) is 11.4 Å². The van der Waals surface area contributed by atoms with Gasteiger partial charge < -0.3 is 9.47 Å². The van der Waals surface area contributed by atoms with E-state index in [-0.39, 0.29) is 11.5 Å². The van der Waals surface area contributed by atoms with Crippen LogP contribution in [0, 0.1) is 5.92 Å². The maximum Gasteiger partial charge on any atom is 0.322 e. The van der Waals surface area contributed by atoms with Crippen molar-refractivity contribution >= 4 is 27.7 Å². The molecule has 0 radical (unpaired) electrons. The van der Waals surface area contributed by atoms with Crippen LogP contribution in [0.2, 0.25) is 0 Å². The number of ether oxygens (including phenoxy) is 2. The fourth-order valence-corrected chi connectivity index (χ4v) is 2.91. The van der Waals surface area contributed by atoms with E-state index in [0.29, 0.717) is 29.7 Å². The molecule has 3 rings (SSSR count). The van der Waals surface area contributed by atoms with Crippen LogP contribution in [0.15, 0.2) is 48.5 Å². The number of fused-ring (bicyclic) bond motifs is 1. The summed E-state index contributed by atoms with van der Waals surface area (Å²) in [6.45, 7) is 0.410. The molecular formula is C18H15BrO4. The maximum atomic E-state index is 12.3. The summed E-state index contributed by atoms with van der Waals surface area (Å²) < 4.78 is 11.0. The second-order valence-electron chi connectivity index (χ2n) is 5.25. The number of benzene rings is 2. The molecule has 1 unspecified atom stereocenters. The minimum atomic E-state index is -0.724. The maximum absolute atomic E-state index is 12.3. The molecule has 0 amide bonds. The predicted molar refractivity (Wildman–Crippen MR) is 89.1 cm³/mol. The highest BCUT2D eigenvalue weighted by Gasteiger charge is 2.35. The molecular weight excluding hydrogens is 360 g/mol. The van der Waals surface area contributed by atoms with Crippen molar-refractivity contribution in [3.63, 3.8) is 0 Å². The number of ketones is 1. The van der Waals surface area contributed by atoms with Crippen LogP contribution < -0.4 is 9.47 Å². The minimum absolute atomic E-state index is 0.190. The number of halogens is 1. The monoisotopic (exact) mass is 374 g/mol. The van der Waals surface area contributed by atoms with Gasteiger partial charge >= 0.3 is 5.97 Å². The first-order chi connectivity index (χ1) is 11.2. The smallest absolute Gasteiger partial charge is 0.322 e. The minimum Gasteiger partial charge on any atom is -0.489 e. The lowest BCUT2D eigenvalue weighted by Crippen LogP contribution is -2.33. The topological polar surface area (TPSA) is 52.6 Å². The quantitative estimate of drug-likeness (QED) is 0.346. The van der Waals surface area contributed by atoms with Crippen LogP contribution in [0.1, 0.15) is 22.3 Å². The second kappa shape index (κ2) is 6.96. The molecule has 2 aromatic rings. The van der Waals surface area contributed by atoms with Crippen LogP contribution in [0.4, 0.5) is 0 Å². The van der Waals surface area contributed by atoms with Gasteiger partial charge in [0.2, 0.25) is 0 Å². The highest BCUT2D eigenvalue weighted by atomic mass is 79.9. The van der Waals surface area contributed by atoms with Gasteiger partial charge in [0.1, 0.15) is 24.0 Å². The van der Waals surface area contributed by atoms with Crippen molar-refractivity contribution in [2.45, 2.75) is 13.0 Å². The molecule has 118 valence electrons. The van der Waals surface area contributed by atoms with Crippen molar-refractivity contribution in [2.24, 2.45) is 5.92 Å². The Morgan fingerprint density at radius 1 is 1.09 bits per heavy atom. The SMILES string of the molecule is O=C1Oc2cc(OCc3ccccc3)ccc2C(=O)C1CCBr. The standard InChI is InChI=1S/C18H15BrO4/c19-9-8-15-17(20)14-7-6-13(10-16(14)23-18(15)21)22-11-12-4-2-1-3-5-12/h1-7,10,15H,8-9,11H2. The van der Waals surface area contributed by atoms with Gasteiger partial charge in [-0.1, -0.05) is 46.3 Å². The number of rotatable bonds is 5. The van der Waals surface area contributed by atoms with Crippen LogP contribution >= 0.6 is 15.9 Å². The molecule has 0 saturated carbocycles. The zero-order valence-electron chi connectivity index (χ0n) is 12.3. The van der Waals surface area contributed by atoms with E-state index in [1.165, 1.54) is 0 Å². The Labute approximate surface area is 142 Å². The molecule has 4 nitrogen and oxygen atoms in total. The zero-order chi connectivity index (χ0) is 16.2. The van der Waals surface area contributed by atoms with Gasteiger partial charge in [-0.25, -0.2) is 0 Å². The van der Waals surface area contributed by atoms with Gasteiger partial charge in [0.05, 0.1) is 5.56 Å². The Bertz CT molecular complexity index is 727. The summed E-state index contributed by atoms with van der Waals surface area (Å²) in [4.78, 5) is 24.3. The summed E-state index contributed by atoms with van der Waals surface area (Å²) in [5.41, 5.74) is 1.47. The van der Waals surface area contributed by atoms with Crippen molar-refractivity contribution in [3.05, 3.63) is 59.7 Å². The number of alkyl halides is 1. The molecule has 0 spiro atoms. The number of hydrogen-bond donors (Lipinski definition) is 0. The van der Waals surface area contributed by atoms with Crippen LogP contribution in [0.3, 0.4) is 0 Å². The first-order valence-corrected chi connectivity index (χ1v) is 8.44. The normalized spacial score (nSPS) is 16.7. The average Bonchev–Trinajstić information content (AvgIpc) is 2.57. The van der Waals surface area contributed by atoms with Crippen LogP contribution in [-0.4, -0.2) is 17.1 Å². The summed E-state index contributed by atoms with van der Waals surface area (Å²) in [5.74, 6) is -0.575. The molecule has 23 heavy (non-hydrogen) atoms. The van der Waals surface area contributed by atoms with Gasteiger partial charge in [-0.05, 0) is 24.1 Å². The molecule has 1 aliphatic rings. The van der Waals surface area contributed by atoms with E-state index in [4.69, 9.17) is 9.47 Å². The Morgan fingerprint density at radius 2 is 1.87 bits per heavy atom. The molecule has 1 heterocycles. The average molecular weight is 375 g/mol. The molecule has 0 aliphatic carbocycles. The molecule has 0 fully saturated rings. The summed E-state index contributed by atoms with van der Waals surface area (Å²) >= 11 is 3.25. The molecule has 0 N–H and O–H groups in total. The van der Waals surface area contributed by atoms with Crippen LogP contribution in [0.25, 0.3) is 0 Å². The fourth-order valence-electron chi connectivity index (χ4n) is 2.45. The molecule has 0 bridgehead atoms. The summed E-state index contributed by atoms with van der Waals surface area (Å²) in [6, 6.07) is 14.7. The lowest BCUT2D eigenvalue weighted by atomic mass is 9.92. The highest BCUT2D eigenvalue weighted by molar-refractivity contribution is 9.09. The molecule has 1 atom stereocenters. The first-order valence-electron chi connectivity index (χ1n) is 7.31. The third-order valence-corrected chi connectivity index (χ3v) is 4.13. The Balaban J connectivity index is 1.76. The summed E-state index contributed by atoms with van der Waals surface area (Å²) in [7, 11) is 0. The van der Waals surface area contributed by atoms with Gasteiger partial charge in [0.25, 0.3) is 0 Å². The van der Waals surface area contributed by atoms with Gasteiger partial charge in [-0.2, -0.15) is 0 Å². The number of carbonyl (C=O) groups excluding carboxylic acids is 2. The molecule has 5 heteroatoms. The van der Waals surface area contributed by atoms with Crippen molar-refractivity contribution in [1.29, 1.82) is 0 Å². The van der Waals surface area contributed by atoms with E-state index in [9.17, 15) is 9.59 Å². The second-order valence-corrected chi connectivity index (χ2v) is 6.04. The van der Waals surface area contributed by atoms with Crippen LogP contribution in [0.5, 0.6) is 11.5 Å². The predicted octanol–water partition coefficient (Wildman–Crippen LogP) is 3.77.